The van der Waals surface area contributed by atoms with Gasteiger partial charge in [-0.05, 0) is 55.5 Å². The smallest absolute Gasteiger partial charge is 0.322 e. The van der Waals surface area contributed by atoms with Gasteiger partial charge in [0.1, 0.15) is 11.5 Å². The molecule has 0 saturated heterocycles. The number of carbonyl (C=O) groups excluding carboxylic acids is 1. The number of rotatable bonds is 7. The van der Waals surface area contributed by atoms with Gasteiger partial charge in [-0.1, -0.05) is 21.0 Å². The monoisotopic (exact) mass is 417 g/mol. The normalized spacial score (nSPS) is 10.4. The SMILES string of the molecule is CCOc1ccc(-c2nnc(NC(=O)COc3ccc(Br)cc3)o2)cc1. The Morgan fingerprint density at radius 2 is 1.69 bits per heavy atom. The van der Waals surface area contributed by atoms with Crippen molar-refractivity contribution in [2.75, 3.05) is 18.5 Å². The summed E-state index contributed by atoms with van der Waals surface area (Å²) < 4.78 is 17.2. The summed E-state index contributed by atoms with van der Waals surface area (Å²) in [6.07, 6.45) is 0. The molecule has 1 N–H and O–H groups in total. The van der Waals surface area contributed by atoms with E-state index in [1.807, 2.05) is 31.2 Å². The lowest BCUT2D eigenvalue weighted by molar-refractivity contribution is -0.118. The molecular weight excluding hydrogens is 402 g/mol. The number of carbonyl (C=O) groups is 1. The number of nitrogens with one attached hydrogen (secondary N) is 1. The van der Waals surface area contributed by atoms with Crippen LogP contribution in [0, 0.1) is 0 Å². The first-order valence-corrected chi connectivity index (χ1v) is 8.68. The van der Waals surface area contributed by atoms with Crippen LogP contribution in [0.4, 0.5) is 6.01 Å². The van der Waals surface area contributed by atoms with Crippen molar-refractivity contribution in [3.05, 3.63) is 53.0 Å². The van der Waals surface area contributed by atoms with Crippen molar-refractivity contribution in [2.45, 2.75) is 6.92 Å². The second kappa shape index (κ2) is 8.48. The van der Waals surface area contributed by atoms with Gasteiger partial charge in [-0.2, -0.15) is 0 Å². The van der Waals surface area contributed by atoms with Gasteiger partial charge in [0, 0.05) is 10.0 Å². The number of nitrogens with zero attached hydrogens (tertiary/aromatic N) is 2. The maximum absolute atomic E-state index is 11.9. The van der Waals surface area contributed by atoms with E-state index < -0.39 is 5.91 Å². The highest BCUT2D eigenvalue weighted by molar-refractivity contribution is 9.10. The van der Waals surface area contributed by atoms with Crippen LogP contribution in [-0.4, -0.2) is 29.3 Å². The van der Waals surface area contributed by atoms with E-state index >= 15 is 0 Å². The van der Waals surface area contributed by atoms with Crippen LogP contribution in [0.5, 0.6) is 11.5 Å². The second-order valence-electron chi connectivity index (χ2n) is 5.16. The maximum atomic E-state index is 11.9. The van der Waals surface area contributed by atoms with Crippen LogP contribution in [0.2, 0.25) is 0 Å². The molecule has 0 saturated carbocycles. The molecule has 1 aromatic heterocycles. The van der Waals surface area contributed by atoms with Gasteiger partial charge in [-0.3, -0.25) is 10.1 Å². The molecule has 1 heterocycles. The second-order valence-corrected chi connectivity index (χ2v) is 6.08. The first-order chi connectivity index (χ1) is 12.6. The minimum atomic E-state index is -0.394. The molecule has 0 radical (unpaired) electrons. The number of ether oxygens (including phenoxy) is 2. The molecule has 0 aliphatic heterocycles. The molecule has 0 aliphatic carbocycles. The number of anilines is 1. The highest BCUT2D eigenvalue weighted by Gasteiger charge is 2.12. The summed E-state index contributed by atoms with van der Waals surface area (Å²) >= 11 is 3.33. The van der Waals surface area contributed by atoms with Gasteiger partial charge in [-0.25, -0.2) is 0 Å². The largest absolute Gasteiger partial charge is 0.494 e. The topological polar surface area (TPSA) is 86.5 Å². The van der Waals surface area contributed by atoms with Crippen LogP contribution in [0.3, 0.4) is 0 Å². The van der Waals surface area contributed by atoms with E-state index in [1.54, 1.807) is 24.3 Å². The van der Waals surface area contributed by atoms with Crippen molar-refractivity contribution in [1.82, 2.24) is 10.2 Å². The Morgan fingerprint density at radius 1 is 1.04 bits per heavy atom. The molecular formula is C18H16BrN3O4. The summed E-state index contributed by atoms with van der Waals surface area (Å²) in [4.78, 5) is 11.9. The van der Waals surface area contributed by atoms with E-state index in [9.17, 15) is 4.79 Å². The summed E-state index contributed by atoms with van der Waals surface area (Å²) in [6, 6.07) is 14.4. The average Bonchev–Trinajstić information content (AvgIpc) is 3.10. The number of hydrogen-bond donors (Lipinski definition) is 1. The lowest BCUT2D eigenvalue weighted by Gasteiger charge is -2.05. The Kier molecular flexibility index (Phi) is 5.85. The van der Waals surface area contributed by atoms with Crippen LogP contribution in [-0.2, 0) is 4.79 Å². The molecule has 0 unspecified atom stereocenters. The van der Waals surface area contributed by atoms with Crippen LogP contribution in [0.15, 0.2) is 57.4 Å². The van der Waals surface area contributed by atoms with Gasteiger partial charge in [0.15, 0.2) is 6.61 Å². The Morgan fingerprint density at radius 3 is 2.38 bits per heavy atom. The molecule has 3 rings (SSSR count). The zero-order valence-corrected chi connectivity index (χ0v) is 15.5. The quantitative estimate of drug-likeness (QED) is 0.626. The third kappa shape index (κ3) is 4.82. The van der Waals surface area contributed by atoms with E-state index in [2.05, 4.69) is 31.4 Å². The average molecular weight is 418 g/mol. The van der Waals surface area contributed by atoms with E-state index in [1.165, 1.54) is 0 Å². The standard InChI is InChI=1S/C18H16BrN3O4/c1-2-24-14-7-3-12(4-8-14)17-21-22-18(26-17)20-16(23)11-25-15-9-5-13(19)6-10-15/h3-10H,2,11H2,1H3,(H,20,22,23). The minimum absolute atomic E-state index is 0.0123. The Hall–Kier alpha value is -2.87. The zero-order valence-electron chi connectivity index (χ0n) is 13.9. The number of amides is 1. The van der Waals surface area contributed by atoms with Crippen molar-refractivity contribution < 1.29 is 18.7 Å². The fraction of sp³-hybridized carbons (Fsp3) is 0.167. The Labute approximate surface area is 158 Å². The van der Waals surface area contributed by atoms with Gasteiger partial charge < -0.3 is 13.9 Å². The van der Waals surface area contributed by atoms with Gasteiger partial charge in [0.2, 0.25) is 5.89 Å². The van der Waals surface area contributed by atoms with Crippen LogP contribution in [0.25, 0.3) is 11.5 Å². The fourth-order valence-electron chi connectivity index (χ4n) is 2.09. The minimum Gasteiger partial charge on any atom is -0.494 e. The maximum Gasteiger partial charge on any atom is 0.322 e. The van der Waals surface area contributed by atoms with E-state index in [-0.39, 0.29) is 12.6 Å². The molecule has 1 amide bonds. The summed E-state index contributed by atoms with van der Waals surface area (Å²) in [5.74, 6) is 1.25. The lowest BCUT2D eigenvalue weighted by Crippen LogP contribution is -2.20. The zero-order chi connectivity index (χ0) is 18.4. The summed E-state index contributed by atoms with van der Waals surface area (Å²) in [5, 5.41) is 10.2. The predicted octanol–water partition coefficient (Wildman–Crippen LogP) is 3.92. The van der Waals surface area contributed by atoms with E-state index in [0.29, 0.717) is 18.2 Å². The van der Waals surface area contributed by atoms with Crippen LogP contribution in [0.1, 0.15) is 6.92 Å². The van der Waals surface area contributed by atoms with Crippen molar-refractivity contribution in [3.63, 3.8) is 0 Å². The summed E-state index contributed by atoms with van der Waals surface area (Å²) in [5.41, 5.74) is 0.729. The molecule has 134 valence electrons. The van der Waals surface area contributed by atoms with Gasteiger partial charge in [0.05, 0.1) is 6.61 Å². The van der Waals surface area contributed by atoms with Crippen molar-refractivity contribution >= 4 is 27.9 Å². The summed E-state index contributed by atoms with van der Waals surface area (Å²) in [6.45, 7) is 2.35. The fourth-order valence-corrected chi connectivity index (χ4v) is 2.35. The molecule has 3 aromatic rings. The summed E-state index contributed by atoms with van der Waals surface area (Å²) in [7, 11) is 0. The molecule has 7 nitrogen and oxygen atoms in total. The molecule has 2 aromatic carbocycles. The first-order valence-electron chi connectivity index (χ1n) is 7.89. The van der Waals surface area contributed by atoms with Gasteiger partial charge >= 0.3 is 6.01 Å². The third-order valence-corrected chi connectivity index (χ3v) is 3.80. The predicted molar refractivity (Wildman–Crippen MR) is 99.2 cm³/mol. The highest BCUT2D eigenvalue weighted by Crippen LogP contribution is 2.22. The molecule has 0 aliphatic rings. The van der Waals surface area contributed by atoms with Crippen molar-refractivity contribution in [2.24, 2.45) is 0 Å². The highest BCUT2D eigenvalue weighted by atomic mass is 79.9. The lowest BCUT2D eigenvalue weighted by atomic mass is 10.2. The Bertz CT molecular complexity index is 863. The third-order valence-electron chi connectivity index (χ3n) is 3.27. The Balaban J connectivity index is 1.55. The van der Waals surface area contributed by atoms with E-state index in [0.717, 1.165) is 15.8 Å². The number of halogens is 1. The molecule has 0 spiro atoms. The van der Waals surface area contributed by atoms with Crippen molar-refractivity contribution in [3.8, 4) is 23.0 Å². The van der Waals surface area contributed by atoms with Gasteiger partial charge in [0.25, 0.3) is 5.91 Å². The number of aromatic nitrogens is 2. The van der Waals surface area contributed by atoms with Gasteiger partial charge in [-0.15, -0.1) is 5.10 Å². The molecule has 8 heteroatoms. The van der Waals surface area contributed by atoms with E-state index in [4.69, 9.17) is 13.9 Å². The van der Waals surface area contributed by atoms with Crippen molar-refractivity contribution in [1.29, 1.82) is 0 Å². The van der Waals surface area contributed by atoms with Crippen LogP contribution >= 0.6 is 15.9 Å². The molecule has 0 bridgehead atoms. The molecule has 26 heavy (non-hydrogen) atoms. The first kappa shape index (κ1) is 17.9. The molecule has 0 atom stereocenters. The molecule has 0 fully saturated rings. The number of benzene rings is 2. The number of hydrogen-bond acceptors (Lipinski definition) is 6. The van der Waals surface area contributed by atoms with Crippen LogP contribution < -0.4 is 14.8 Å².